The molecule has 2 nitrogen and oxygen atoms in total. The van der Waals surface area contributed by atoms with Crippen molar-refractivity contribution in [2.75, 3.05) is 0 Å². The van der Waals surface area contributed by atoms with Crippen LogP contribution < -0.4 is 0 Å². The minimum atomic E-state index is -1.29. The standard InChI is InChI=1S/C13H22ClO2Si/c1-9(2)15-17(16-10(3)4)13-6-5-11(7-13)12(14)8-13/h5-6,9-12H,7-8H2,1-4H3. The van der Waals surface area contributed by atoms with E-state index in [2.05, 4.69) is 39.8 Å². The van der Waals surface area contributed by atoms with Crippen molar-refractivity contribution < 1.29 is 8.85 Å². The zero-order valence-electron chi connectivity index (χ0n) is 11.1. The third kappa shape index (κ3) is 2.78. The average Bonchev–Trinajstić information content (AvgIpc) is 2.73. The lowest BCUT2D eigenvalue weighted by atomic mass is 10.1. The molecule has 0 aromatic rings. The van der Waals surface area contributed by atoms with E-state index in [-0.39, 0.29) is 22.6 Å². The summed E-state index contributed by atoms with van der Waals surface area (Å²) in [7, 11) is -1.29. The van der Waals surface area contributed by atoms with E-state index < -0.39 is 9.28 Å². The van der Waals surface area contributed by atoms with Crippen LogP contribution in [-0.4, -0.2) is 26.9 Å². The average molecular weight is 274 g/mol. The number of allylic oxidation sites excluding steroid dienone is 2. The highest BCUT2D eigenvalue weighted by atomic mass is 35.5. The van der Waals surface area contributed by atoms with Gasteiger partial charge in [-0.3, -0.25) is 0 Å². The van der Waals surface area contributed by atoms with Gasteiger partial charge in [0, 0.05) is 22.6 Å². The van der Waals surface area contributed by atoms with Crippen molar-refractivity contribution in [2.45, 2.75) is 63.2 Å². The second-order valence-electron chi connectivity index (χ2n) is 5.72. The zero-order valence-corrected chi connectivity index (χ0v) is 12.8. The highest BCUT2D eigenvalue weighted by molar-refractivity contribution is 6.50. The number of hydrogen-bond acceptors (Lipinski definition) is 2. The lowest BCUT2D eigenvalue weighted by Crippen LogP contribution is -2.39. The predicted octanol–water partition coefficient (Wildman–Crippen LogP) is 3.65. The van der Waals surface area contributed by atoms with Gasteiger partial charge in [-0.25, -0.2) is 0 Å². The molecule has 2 aliphatic rings. The summed E-state index contributed by atoms with van der Waals surface area (Å²) >= 11 is 6.37. The Labute approximate surface area is 111 Å². The highest BCUT2D eigenvalue weighted by Crippen LogP contribution is 2.58. The summed E-state index contributed by atoms with van der Waals surface area (Å²) in [6.07, 6.45) is 7.16. The Balaban J connectivity index is 2.12. The second-order valence-corrected chi connectivity index (χ2v) is 8.33. The molecule has 0 aliphatic heterocycles. The lowest BCUT2D eigenvalue weighted by molar-refractivity contribution is 0.115. The Morgan fingerprint density at radius 3 is 2.12 bits per heavy atom. The van der Waals surface area contributed by atoms with E-state index in [0.717, 1.165) is 12.8 Å². The van der Waals surface area contributed by atoms with Crippen molar-refractivity contribution in [3.05, 3.63) is 12.2 Å². The van der Waals surface area contributed by atoms with Crippen molar-refractivity contribution in [3.8, 4) is 0 Å². The molecule has 0 spiro atoms. The van der Waals surface area contributed by atoms with Crippen molar-refractivity contribution in [1.82, 2.24) is 0 Å². The molecule has 0 aromatic heterocycles. The molecular weight excluding hydrogens is 252 g/mol. The van der Waals surface area contributed by atoms with Crippen LogP contribution in [0.4, 0.5) is 0 Å². The summed E-state index contributed by atoms with van der Waals surface area (Å²) in [5.41, 5.74) is 0. The first-order chi connectivity index (χ1) is 7.93. The van der Waals surface area contributed by atoms with Crippen LogP contribution in [-0.2, 0) is 8.85 Å². The first-order valence-corrected chi connectivity index (χ1v) is 8.22. The highest BCUT2D eigenvalue weighted by Gasteiger charge is 2.55. The summed E-state index contributed by atoms with van der Waals surface area (Å²) in [5.74, 6) is 0.531. The fourth-order valence-corrected chi connectivity index (χ4v) is 5.67. The number of hydrogen-bond donors (Lipinski definition) is 0. The Hall–Kier alpha value is 0.167. The Morgan fingerprint density at radius 2 is 1.76 bits per heavy atom. The van der Waals surface area contributed by atoms with Crippen molar-refractivity contribution in [1.29, 1.82) is 0 Å². The Morgan fingerprint density at radius 1 is 1.18 bits per heavy atom. The fourth-order valence-electron chi connectivity index (χ4n) is 2.69. The maximum atomic E-state index is 6.37. The van der Waals surface area contributed by atoms with Crippen LogP contribution in [0, 0.1) is 5.92 Å². The lowest BCUT2D eigenvalue weighted by Gasteiger charge is -2.33. The molecule has 3 atom stereocenters. The van der Waals surface area contributed by atoms with Crippen LogP contribution in [0.25, 0.3) is 0 Å². The van der Waals surface area contributed by atoms with Gasteiger partial charge in [0.25, 0.3) is 0 Å². The predicted molar refractivity (Wildman–Crippen MR) is 72.4 cm³/mol. The van der Waals surface area contributed by atoms with E-state index in [1.54, 1.807) is 0 Å². The maximum absolute atomic E-state index is 6.37. The summed E-state index contributed by atoms with van der Waals surface area (Å²) in [5, 5.41) is 0.377. The van der Waals surface area contributed by atoms with Gasteiger partial charge in [-0.05, 0) is 46.5 Å². The van der Waals surface area contributed by atoms with E-state index in [0.29, 0.717) is 5.92 Å². The van der Waals surface area contributed by atoms with Crippen molar-refractivity contribution in [3.63, 3.8) is 0 Å². The topological polar surface area (TPSA) is 18.5 Å². The van der Waals surface area contributed by atoms with E-state index in [1.807, 2.05) is 0 Å². The minimum Gasteiger partial charge on any atom is -0.390 e. The van der Waals surface area contributed by atoms with E-state index in [9.17, 15) is 0 Å². The smallest absolute Gasteiger partial charge is 0.390 e. The number of alkyl halides is 1. The Bertz CT molecular complexity index is 296. The van der Waals surface area contributed by atoms with Crippen LogP contribution in [0.5, 0.6) is 0 Å². The zero-order chi connectivity index (χ0) is 12.6. The van der Waals surface area contributed by atoms with Crippen LogP contribution >= 0.6 is 11.6 Å². The van der Waals surface area contributed by atoms with Crippen molar-refractivity contribution in [2.24, 2.45) is 5.92 Å². The largest absolute Gasteiger partial charge is 0.396 e. The third-order valence-electron chi connectivity index (χ3n) is 3.38. The molecule has 0 saturated heterocycles. The summed E-state index contributed by atoms with van der Waals surface area (Å²) in [6, 6.07) is 0. The number of rotatable bonds is 5. The summed E-state index contributed by atoms with van der Waals surface area (Å²) < 4.78 is 12.2. The summed E-state index contributed by atoms with van der Waals surface area (Å²) in [6.45, 7) is 8.31. The molecule has 1 radical (unpaired) electrons. The van der Waals surface area contributed by atoms with E-state index in [1.165, 1.54) is 0 Å². The van der Waals surface area contributed by atoms with Gasteiger partial charge in [-0.15, -0.1) is 11.6 Å². The molecule has 3 unspecified atom stereocenters. The molecule has 1 saturated carbocycles. The van der Waals surface area contributed by atoms with Crippen molar-refractivity contribution >= 4 is 20.9 Å². The van der Waals surface area contributed by atoms with Crippen LogP contribution in [0.1, 0.15) is 40.5 Å². The molecule has 1 fully saturated rings. The SMILES string of the molecule is CC(C)O[Si](OC(C)C)C12C=CC(C1)C(Cl)C2. The van der Waals surface area contributed by atoms with Gasteiger partial charge in [0.1, 0.15) is 0 Å². The second kappa shape index (κ2) is 5.04. The van der Waals surface area contributed by atoms with Gasteiger partial charge in [-0.1, -0.05) is 12.2 Å². The molecule has 0 N–H and O–H groups in total. The molecular formula is C13H22ClO2Si. The van der Waals surface area contributed by atoms with Crippen LogP contribution in [0.15, 0.2) is 12.2 Å². The number of halogens is 1. The van der Waals surface area contributed by atoms with Gasteiger partial charge >= 0.3 is 9.28 Å². The first-order valence-electron chi connectivity index (χ1n) is 6.47. The van der Waals surface area contributed by atoms with Crippen LogP contribution in [0.3, 0.4) is 0 Å². The first kappa shape index (κ1) is 13.6. The van der Waals surface area contributed by atoms with E-state index in [4.69, 9.17) is 20.5 Å². The molecule has 0 aromatic carbocycles. The molecule has 2 rings (SSSR count). The van der Waals surface area contributed by atoms with Gasteiger partial charge in [-0.2, -0.15) is 0 Å². The Kier molecular flexibility index (Phi) is 4.03. The molecule has 2 aliphatic carbocycles. The molecule has 17 heavy (non-hydrogen) atoms. The quantitative estimate of drug-likeness (QED) is 0.432. The van der Waals surface area contributed by atoms with Gasteiger partial charge in [0.05, 0.1) is 0 Å². The molecule has 0 amide bonds. The number of fused-ring (bicyclic) bond motifs is 2. The van der Waals surface area contributed by atoms with Gasteiger partial charge < -0.3 is 8.85 Å². The molecule has 4 heteroatoms. The summed E-state index contributed by atoms with van der Waals surface area (Å²) in [4.78, 5) is 0. The monoisotopic (exact) mass is 273 g/mol. The molecule has 0 heterocycles. The van der Waals surface area contributed by atoms with Gasteiger partial charge in [0.2, 0.25) is 0 Å². The third-order valence-corrected chi connectivity index (χ3v) is 6.62. The minimum absolute atomic E-state index is 0.107. The van der Waals surface area contributed by atoms with E-state index >= 15 is 0 Å². The fraction of sp³-hybridized carbons (Fsp3) is 0.846. The maximum Gasteiger partial charge on any atom is 0.396 e. The molecule has 2 bridgehead atoms. The van der Waals surface area contributed by atoms with Gasteiger partial charge in [0.15, 0.2) is 0 Å². The van der Waals surface area contributed by atoms with Crippen LogP contribution in [0.2, 0.25) is 5.04 Å². The molecule has 97 valence electrons. The normalized spacial score (nSPS) is 35.8.